The number of hydrogen-bond acceptors (Lipinski definition) is 8. The molecule has 1 aliphatic rings. The Balaban J connectivity index is 1.87. The lowest BCUT2D eigenvalue weighted by atomic mass is 9.86. The van der Waals surface area contributed by atoms with Crippen LogP contribution in [-0.4, -0.2) is 46.6 Å². The maximum atomic E-state index is 14.1. The highest BCUT2D eigenvalue weighted by Gasteiger charge is 2.26. The molecule has 2 N–H and O–H groups in total. The minimum atomic E-state index is -0.0136. The fourth-order valence-corrected chi connectivity index (χ4v) is 9.06. The van der Waals surface area contributed by atoms with E-state index < -0.39 is 0 Å². The third-order valence-electron chi connectivity index (χ3n) is 12.8. The van der Waals surface area contributed by atoms with Crippen LogP contribution in [0.25, 0.3) is 0 Å². The first kappa shape index (κ1) is 51.7. The van der Waals surface area contributed by atoms with Crippen LogP contribution >= 0.6 is 0 Å². The van der Waals surface area contributed by atoms with Gasteiger partial charge in [-0.1, -0.05) is 92.9 Å². The number of carbonyl (C=O) groups excluding carboxylic acids is 4. The highest BCUT2D eigenvalue weighted by molar-refractivity contribution is 5.99. The second-order valence-corrected chi connectivity index (χ2v) is 18.5. The van der Waals surface area contributed by atoms with Crippen LogP contribution in [0.2, 0.25) is 0 Å². The molecule has 0 spiro atoms. The molecule has 0 aromatic heterocycles. The third-order valence-corrected chi connectivity index (χ3v) is 12.8. The molecule has 0 radical (unpaired) electrons. The van der Waals surface area contributed by atoms with Crippen LogP contribution in [-0.2, 0) is 25.7 Å². The molecule has 5 rings (SSSR count). The molecule has 0 aliphatic heterocycles. The van der Waals surface area contributed by atoms with Crippen molar-refractivity contribution in [2.24, 2.45) is 0 Å². The Morgan fingerprint density at radius 1 is 0.364 bits per heavy atom. The number of phenols is 2. The number of carbonyl (C=O) groups is 4. The Labute approximate surface area is 394 Å². The van der Waals surface area contributed by atoms with Gasteiger partial charge in [0.1, 0.15) is 23.0 Å². The summed E-state index contributed by atoms with van der Waals surface area (Å²) in [5.41, 5.74) is 6.86. The van der Waals surface area contributed by atoms with Crippen molar-refractivity contribution < 1.29 is 38.9 Å². The molecule has 8 bridgehead atoms. The Morgan fingerprint density at radius 3 is 0.803 bits per heavy atom. The Hall–Kier alpha value is -5.24. The predicted molar refractivity (Wildman–Crippen MR) is 266 cm³/mol. The van der Waals surface area contributed by atoms with Crippen molar-refractivity contribution in [3.63, 3.8) is 0 Å². The molecule has 0 heterocycles. The van der Waals surface area contributed by atoms with Gasteiger partial charge in [0.05, 0.1) is 13.2 Å². The first-order valence-corrected chi connectivity index (χ1v) is 25.4. The summed E-state index contributed by atoms with van der Waals surface area (Å²) in [6.07, 6.45) is 14.2. The monoisotopic (exact) mass is 901 g/mol. The molecule has 66 heavy (non-hydrogen) atoms. The van der Waals surface area contributed by atoms with Gasteiger partial charge in [0.2, 0.25) is 0 Å². The van der Waals surface area contributed by atoms with Gasteiger partial charge in [0.25, 0.3) is 0 Å². The van der Waals surface area contributed by atoms with E-state index in [2.05, 4.69) is 27.7 Å². The number of ether oxygens (including phenoxy) is 2. The summed E-state index contributed by atoms with van der Waals surface area (Å²) in [5, 5.41) is 24.9. The van der Waals surface area contributed by atoms with Crippen molar-refractivity contribution in [3.05, 3.63) is 115 Å². The molecular formula is C58H76O8. The quantitative estimate of drug-likeness (QED) is 0.0415. The smallest absolute Gasteiger partial charge is 0.162 e. The van der Waals surface area contributed by atoms with Gasteiger partial charge in [0, 0.05) is 73.6 Å². The van der Waals surface area contributed by atoms with Gasteiger partial charge >= 0.3 is 0 Å². The van der Waals surface area contributed by atoms with Gasteiger partial charge in [-0.3, -0.25) is 19.2 Å². The molecule has 0 unspecified atom stereocenters. The number of unbranched alkanes of at least 4 members (excludes halogenated alkanes) is 8. The summed E-state index contributed by atoms with van der Waals surface area (Å²) < 4.78 is 13.2. The van der Waals surface area contributed by atoms with E-state index in [0.717, 1.165) is 77.0 Å². The Morgan fingerprint density at radius 2 is 0.591 bits per heavy atom. The van der Waals surface area contributed by atoms with E-state index in [1.165, 1.54) is 0 Å². The van der Waals surface area contributed by atoms with Gasteiger partial charge in [-0.15, -0.1) is 0 Å². The summed E-state index contributed by atoms with van der Waals surface area (Å²) in [6, 6.07) is 14.6. The molecule has 0 amide bonds. The van der Waals surface area contributed by atoms with E-state index >= 15 is 0 Å². The van der Waals surface area contributed by atoms with Gasteiger partial charge in [0.15, 0.2) is 23.1 Å². The second kappa shape index (κ2) is 26.2. The van der Waals surface area contributed by atoms with E-state index in [-0.39, 0.29) is 60.3 Å². The van der Waals surface area contributed by atoms with Crippen LogP contribution in [0.15, 0.2) is 48.5 Å². The third kappa shape index (κ3) is 13.9. The van der Waals surface area contributed by atoms with Crippen LogP contribution in [0.1, 0.15) is 243 Å². The zero-order chi connectivity index (χ0) is 47.6. The first-order valence-electron chi connectivity index (χ1n) is 25.4. The minimum absolute atomic E-state index is 0.00457. The fraction of sp³-hybridized carbons (Fsp3) is 0.517. The number of aromatic hydroxyl groups is 2. The molecule has 8 heteroatoms. The maximum Gasteiger partial charge on any atom is 0.162 e. The van der Waals surface area contributed by atoms with E-state index in [0.29, 0.717) is 130 Å². The lowest BCUT2D eigenvalue weighted by Crippen LogP contribution is -2.11. The SMILES string of the molecule is CCCCCC(=O)c1cc2c(O)c(c1)Cc1cc(C(=O)CCCCC)cc(c1OCCC)Cc1cc(C(=O)CCCCC)cc(c1O)Cc1cc(C(=O)CCCCC)cc(c1OCCC)C2. The van der Waals surface area contributed by atoms with Gasteiger partial charge < -0.3 is 19.7 Å². The standard InChI is InChI=1S/C58H76O8/c1-7-13-17-21-51(59)39-27-43-35-47-31-41(53(61)23-19-15-9-3)33-49(57(47)65-25-11-5)37-45-29-40(52(60)22-18-14-8-2)30-46(56(45)64)38-50-34-42(54(62)24-20-16-10-4)32-48(58(50)66-26-12-6)36-44(28-39)55(43)63/h27-34,63-64H,7-26,35-38H2,1-6H3. The molecule has 0 fully saturated rings. The fourth-order valence-electron chi connectivity index (χ4n) is 9.06. The number of phenolic OH excluding ortho intramolecular Hbond substituents is 2. The lowest BCUT2D eigenvalue weighted by molar-refractivity contribution is 0.0971. The number of hydrogen-bond donors (Lipinski definition) is 2. The molecule has 4 aromatic rings. The highest BCUT2D eigenvalue weighted by atomic mass is 16.5. The average molecular weight is 901 g/mol. The van der Waals surface area contributed by atoms with Crippen molar-refractivity contribution in [3.8, 4) is 23.0 Å². The predicted octanol–water partition coefficient (Wildman–Crippen LogP) is 14.4. The number of benzene rings is 4. The van der Waals surface area contributed by atoms with Crippen LogP contribution < -0.4 is 9.47 Å². The zero-order valence-electron chi connectivity index (χ0n) is 40.9. The molecule has 8 nitrogen and oxygen atoms in total. The summed E-state index contributed by atoms with van der Waals surface area (Å²) >= 11 is 0. The van der Waals surface area contributed by atoms with Crippen molar-refractivity contribution >= 4 is 23.1 Å². The van der Waals surface area contributed by atoms with Crippen molar-refractivity contribution in [1.29, 1.82) is 0 Å². The molecule has 1 aliphatic carbocycles. The van der Waals surface area contributed by atoms with Crippen molar-refractivity contribution in [2.45, 2.75) is 183 Å². The van der Waals surface area contributed by atoms with Crippen molar-refractivity contribution in [2.75, 3.05) is 13.2 Å². The number of ketones is 4. The molecular weight excluding hydrogens is 825 g/mol. The average Bonchev–Trinajstić information content (AvgIpc) is 3.30. The highest BCUT2D eigenvalue weighted by Crippen LogP contribution is 2.41. The molecule has 4 aromatic carbocycles. The van der Waals surface area contributed by atoms with Crippen molar-refractivity contribution in [1.82, 2.24) is 0 Å². The number of rotatable bonds is 26. The molecule has 0 saturated heterocycles. The number of fused-ring (bicyclic) bond motifs is 8. The van der Waals surface area contributed by atoms with Crippen LogP contribution in [0, 0.1) is 0 Å². The molecule has 0 saturated carbocycles. The summed E-state index contributed by atoms with van der Waals surface area (Å²) in [7, 11) is 0. The van der Waals surface area contributed by atoms with Crippen LogP contribution in [0.4, 0.5) is 0 Å². The largest absolute Gasteiger partial charge is 0.507 e. The van der Waals surface area contributed by atoms with E-state index in [4.69, 9.17) is 9.47 Å². The first-order chi connectivity index (χ1) is 32.0. The maximum absolute atomic E-state index is 14.1. The summed E-state index contributed by atoms with van der Waals surface area (Å²) in [4.78, 5) is 56.2. The minimum Gasteiger partial charge on any atom is -0.507 e. The van der Waals surface area contributed by atoms with E-state index in [1.54, 1.807) is 24.3 Å². The lowest BCUT2D eigenvalue weighted by Gasteiger charge is -2.22. The van der Waals surface area contributed by atoms with E-state index in [1.807, 2.05) is 38.1 Å². The molecule has 0 atom stereocenters. The zero-order valence-corrected chi connectivity index (χ0v) is 40.9. The van der Waals surface area contributed by atoms with E-state index in [9.17, 15) is 29.4 Å². The summed E-state index contributed by atoms with van der Waals surface area (Å²) in [6.45, 7) is 13.3. The van der Waals surface area contributed by atoms with Gasteiger partial charge in [-0.2, -0.15) is 0 Å². The number of Topliss-reactive ketones (excluding diaryl/α,β-unsaturated/α-hetero) is 4. The van der Waals surface area contributed by atoms with Gasteiger partial charge in [-0.25, -0.2) is 0 Å². The Kier molecular flexibility index (Phi) is 20.5. The summed E-state index contributed by atoms with van der Waals surface area (Å²) in [5.74, 6) is 1.15. The van der Waals surface area contributed by atoms with Gasteiger partial charge in [-0.05, 0) is 132 Å². The topological polar surface area (TPSA) is 127 Å². The van der Waals surface area contributed by atoms with Crippen LogP contribution in [0.5, 0.6) is 23.0 Å². The molecule has 356 valence electrons. The normalized spacial score (nSPS) is 12.2. The van der Waals surface area contributed by atoms with Crippen LogP contribution in [0.3, 0.4) is 0 Å². The second-order valence-electron chi connectivity index (χ2n) is 18.5. The Bertz CT molecular complexity index is 2040.